The van der Waals surface area contributed by atoms with Crippen molar-refractivity contribution >= 4 is 11.6 Å². The third kappa shape index (κ3) is 4.69. The molecule has 138 valence electrons. The fourth-order valence-electron chi connectivity index (χ4n) is 3.02. The van der Waals surface area contributed by atoms with Crippen molar-refractivity contribution in [2.45, 2.75) is 44.8 Å². The summed E-state index contributed by atoms with van der Waals surface area (Å²) in [6.07, 6.45) is 4.39. The number of anilines is 1. The van der Waals surface area contributed by atoms with Crippen LogP contribution in [0.1, 0.15) is 32.6 Å². The molecule has 0 bridgehead atoms. The maximum absolute atomic E-state index is 12.4. The summed E-state index contributed by atoms with van der Waals surface area (Å²) in [6, 6.07) is 14.7. The van der Waals surface area contributed by atoms with E-state index in [0.29, 0.717) is 23.3 Å². The van der Waals surface area contributed by atoms with Crippen LogP contribution in [0.5, 0.6) is 17.2 Å². The number of carbonyl (C=O) groups excluding carboxylic acids is 1. The van der Waals surface area contributed by atoms with Gasteiger partial charge in [0.05, 0.1) is 13.2 Å². The highest BCUT2D eigenvalue weighted by atomic mass is 16.5. The highest BCUT2D eigenvalue weighted by Crippen LogP contribution is 2.27. The fourth-order valence-corrected chi connectivity index (χ4v) is 3.02. The topological polar surface area (TPSA) is 56.8 Å². The molecular weight excluding hydrogens is 330 g/mol. The molecular formula is C21H25NO4. The first-order chi connectivity index (χ1) is 12.7. The quantitative estimate of drug-likeness (QED) is 0.799. The standard InChI is InChI=1S/C21H25NO4/c1-15(25-20-10-6-5-9-19(20)24-2)21(23)22-16-11-13-18(14-12-16)26-17-7-3-4-8-17/h5-6,9-15,17H,3-4,7-8H2,1-2H3,(H,22,23)/t15-/m0/s1. The minimum Gasteiger partial charge on any atom is -0.493 e. The minimum atomic E-state index is -0.652. The van der Waals surface area contributed by atoms with E-state index in [1.165, 1.54) is 12.8 Å². The van der Waals surface area contributed by atoms with Crippen LogP contribution in [0, 0.1) is 0 Å². The Hall–Kier alpha value is -2.69. The molecule has 3 rings (SSSR count). The molecule has 2 aromatic carbocycles. The van der Waals surface area contributed by atoms with E-state index in [2.05, 4.69) is 5.32 Å². The van der Waals surface area contributed by atoms with Crippen LogP contribution in [-0.4, -0.2) is 25.2 Å². The van der Waals surface area contributed by atoms with Gasteiger partial charge in [-0.1, -0.05) is 12.1 Å². The molecule has 5 heteroatoms. The van der Waals surface area contributed by atoms with Crippen molar-refractivity contribution in [3.05, 3.63) is 48.5 Å². The summed E-state index contributed by atoms with van der Waals surface area (Å²) >= 11 is 0. The monoisotopic (exact) mass is 355 g/mol. The molecule has 1 fully saturated rings. The Morgan fingerprint density at radius 1 is 1.04 bits per heavy atom. The van der Waals surface area contributed by atoms with Crippen LogP contribution >= 0.6 is 0 Å². The Labute approximate surface area is 154 Å². The molecule has 0 radical (unpaired) electrons. The Bertz CT molecular complexity index is 723. The zero-order chi connectivity index (χ0) is 18.4. The van der Waals surface area contributed by atoms with E-state index in [4.69, 9.17) is 14.2 Å². The Morgan fingerprint density at radius 3 is 2.35 bits per heavy atom. The van der Waals surface area contributed by atoms with Crippen molar-refractivity contribution in [3.8, 4) is 17.2 Å². The van der Waals surface area contributed by atoms with Crippen molar-refractivity contribution in [1.82, 2.24) is 0 Å². The minimum absolute atomic E-state index is 0.222. The summed E-state index contributed by atoms with van der Waals surface area (Å²) in [5, 5.41) is 2.86. The second-order valence-electron chi connectivity index (χ2n) is 6.45. The van der Waals surface area contributed by atoms with Crippen LogP contribution < -0.4 is 19.5 Å². The smallest absolute Gasteiger partial charge is 0.265 e. The Balaban J connectivity index is 1.55. The predicted molar refractivity (Wildman–Crippen MR) is 101 cm³/mol. The fraction of sp³-hybridized carbons (Fsp3) is 0.381. The number of methoxy groups -OCH3 is 1. The van der Waals surface area contributed by atoms with Gasteiger partial charge in [0.1, 0.15) is 5.75 Å². The molecule has 1 saturated carbocycles. The third-order valence-electron chi connectivity index (χ3n) is 4.47. The van der Waals surface area contributed by atoms with Crippen molar-refractivity contribution in [2.75, 3.05) is 12.4 Å². The average molecular weight is 355 g/mol. The van der Waals surface area contributed by atoms with Crippen LogP contribution in [0.15, 0.2) is 48.5 Å². The van der Waals surface area contributed by atoms with Gasteiger partial charge in [0.25, 0.3) is 5.91 Å². The zero-order valence-electron chi connectivity index (χ0n) is 15.2. The van der Waals surface area contributed by atoms with Gasteiger partial charge in [-0.2, -0.15) is 0 Å². The molecule has 0 spiro atoms. The largest absolute Gasteiger partial charge is 0.493 e. The van der Waals surface area contributed by atoms with Crippen LogP contribution in [-0.2, 0) is 4.79 Å². The average Bonchev–Trinajstić information content (AvgIpc) is 3.16. The van der Waals surface area contributed by atoms with Crippen LogP contribution in [0.25, 0.3) is 0 Å². The highest BCUT2D eigenvalue weighted by Gasteiger charge is 2.18. The van der Waals surface area contributed by atoms with Crippen molar-refractivity contribution < 1.29 is 19.0 Å². The number of hydrogen-bond donors (Lipinski definition) is 1. The van der Waals surface area contributed by atoms with Gasteiger partial charge >= 0.3 is 0 Å². The molecule has 1 N–H and O–H groups in total. The van der Waals surface area contributed by atoms with Gasteiger partial charge in [-0.3, -0.25) is 4.79 Å². The number of benzene rings is 2. The normalized spacial score (nSPS) is 15.3. The molecule has 1 aliphatic rings. The lowest BCUT2D eigenvalue weighted by Crippen LogP contribution is -2.30. The molecule has 1 atom stereocenters. The van der Waals surface area contributed by atoms with E-state index in [0.717, 1.165) is 18.6 Å². The van der Waals surface area contributed by atoms with Crippen LogP contribution in [0.3, 0.4) is 0 Å². The summed E-state index contributed by atoms with van der Waals surface area (Å²) in [6.45, 7) is 1.71. The van der Waals surface area contributed by atoms with E-state index < -0.39 is 6.10 Å². The molecule has 26 heavy (non-hydrogen) atoms. The van der Waals surface area contributed by atoms with Crippen molar-refractivity contribution in [1.29, 1.82) is 0 Å². The number of nitrogens with one attached hydrogen (secondary N) is 1. The lowest BCUT2D eigenvalue weighted by molar-refractivity contribution is -0.122. The number of rotatable bonds is 7. The lowest BCUT2D eigenvalue weighted by Gasteiger charge is -2.17. The Kier molecular flexibility index (Phi) is 6.00. The van der Waals surface area contributed by atoms with Gasteiger partial charge < -0.3 is 19.5 Å². The predicted octanol–water partition coefficient (Wildman–Crippen LogP) is 4.42. The molecule has 0 aliphatic heterocycles. The molecule has 1 amide bonds. The molecule has 5 nitrogen and oxygen atoms in total. The van der Waals surface area contributed by atoms with Gasteiger partial charge in [-0.25, -0.2) is 0 Å². The highest BCUT2D eigenvalue weighted by molar-refractivity contribution is 5.94. The summed E-state index contributed by atoms with van der Waals surface area (Å²) in [5.41, 5.74) is 0.712. The number of amides is 1. The summed E-state index contributed by atoms with van der Waals surface area (Å²) in [7, 11) is 1.57. The van der Waals surface area contributed by atoms with Crippen molar-refractivity contribution in [3.63, 3.8) is 0 Å². The van der Waals surface area contributed by atoms with Gasteiger partial charge in [-0.05, 0) is 69.0 Å². The number of ether oxygens (including phenoxy) is 3. The van der Waals surface area contributed by atoms with Crippen LogP contribution in [0.4, 0.5) is 5.69 Å². The molecule has 1 aliphatic carbocycles. The van der Waals surface area contributed by atoms with Crippen molar-refractivity contribution in [2.24, 2.45) is 0 Å². The zero-order valence-corrected chi connectivity index (χ0v) is 15.2. The van der Waals surface area contributed by atoms with E-state index in [1.54, 1.807) is 26.2 Å². The van der Waals surface area contributed by atoms with Gasteiger partial charge in [0.2, 0.25) is 0 Å². The molecule has 2 aromatic rings. The molecule has 0 saturated heterocycles. The molecule has 0 unspecified atom stereocenters. The molecule has 0 heterocycles. The van der Waals surface area contributed by atoms with Gasteiger partial charge in [0.15, 0.2) is 17.6 Å². The first kappa shape index (κ1) is 18.1. The van der Waals surface area contributed by atoms with Gasteiger partial charge in [0, 0.05) is 5.69 Å². The number of para-hydroxylation sites is 2. The summed E-state index contributed by atoms with van der Waals surface area (Å²) in [4.78, 5) is 12.4. The Morgan fingerprint density at radius 2 is 1.69 bits per heavy atom. The second kappa shape index (κ2) is 8.61. The number of hydrogen-bond acceptors (Lipinski definition) is 4. The first-order valence-corrected chi connectivity index (χ1v) is 9.03. The van der Waals surface area contributed by atoms with E-state index in [-0.39, 0.29) is 5.91 Å². The van der Waals surface area contributed by atoms with E-state index in [9.17, 15) is 4.79 Å². The SMILES string of the molecule is COc1ccccc1O[C@@H](C)C(=O)Nc1ccc(OC2CCCC2)cc1. The summed E-state index contributed by atoms with van der Waals surface area (Å²) < 4.78 is 16.9. The third-order valence-corrected chi connectivity index (χ3v) is 4.47. The first-order valence-electron chi connectivity index (χ1n) is 9.03. The number of carbonyl (C=O) groups is 1. The van der Waals surface area contributed by atoms with E-state index in [1.807, 2.05) is 36.4 Å². The lowest BCUT2D eigenvalue weighted by atomic mass is 10.2. The van der Waals surface area contributed by atoms with E-state index >= 15 is 0 Å². The summed E-state index contributed by atoms with van der Waals surface area (Å²) in [5.74, 6) is 1.76. The van der Waals surface area contributed by atoms with Gasteiger partial charge in [-0.15, -0.1) is 0 Å². The van der Waals surface area contributed by atoms with Crippen LogP contribution in [0.2, 0.25) is 0 Å². The second-order valence-corrected chi connectivity index (χ2v) is 6.45. The maximum Gasteiger partial charge on any atom is 0.265 e. The molecule has 0 aromatic heterocycles. The maximum atomic E-state index is 12.4.